The van der Waals surface area contributed by atoms with Crippen molar-refractivity contribution in [1.82, 2.24) is 9.80 Å². The van der Waals surface area contributed by atoms with Crippen LogP contribution in [0.3, 0.4) is 0 Å². The monoisotopic (exact) mass is 292 g/mol. The molecule has 0 spiro atoms. The molecule has 4 rings (SSSR count). The molecule has 3 nitrogen and oxygen atoms in total. The van der Waals surface area contributed by atoms with Gasteiger partial charge in [-0.15, -0.1) is 0 Å². The molecule has 1 aliphatic heterocycles. The number of carbonyl (C=O) groups is 1. The summed E-state index contributed by atoms with van der Waals surface area (Å²) >= 11 is 0. The summed E-state index contributed by atoms with van der Waals surface area (Å²) in [7, 11) is 0. The Labute approximate surface area is 131 Å². The van der Waals surface area contributed by atoms with Crippen molar-refractivity contribution in [3.63, 3.8) is 0 Å². The molecule has 2 aliphatic rings. The lowest BCUT2D eigenvalue weighted by molar-refractivity contribution is -0.130. The molecule has 2 aromatic rings. The van der Waals surface area contributed by atoms with Crippen LogP contribution in [-0.2, 0) is 4.79 Å². The largest absolute Gasteiger partial charge is 0.340 e. The Hall–Kier alpha value is -2.13. The van der Waals surface area contributed by atoms with Crippen LogP contribution in [-0.4, -0.2) is 41.9 Å². The third-order valence-corrected chi connectivity index (χ3v) is 4.93. The van der Waals surface area contributed by atoms with Gasteiger partial charge in [0.25, 0.3) is 0 Å². The van der Waals surface area contributed by atoms with Crippen LogP contribution in [0.1, 0.15) is 24.1 Å². The molecule has 1 aliphatic carbocycles. The van der Waals surface area contributed by atoms with Gasteiger partial charge in [0, 0.05) is 33.1 Å². The number of benzene rings is 2. The summed E-state index contributed by atoms with van der Waals surface area (Å²) in [6, 6.07) is 17.8. The third-order valence-electron chi connectivity index (χ3n) is 4.93. The van der Waals surface area contributed by atoms with E-state index < -0.39 is 0 Å². The van der Waals surface area contributed by atoms with Gasteiger partial charge < -0.3 is 4.90 Å². The van der Waals surface area contributed by atoms with Crippen molar-refractivity contribution in [3.8, 4) is 11.1 Å². The Morgan fingerprint density at radius 2 is 1.36 bits per heavy atom. The Balaban J connectivity index is 1.69. The fourth-order valence-corrected chi connectivity index (χ4v) is 3.82. The first-order chi connectivity index (χ1) is 10.8. The van der Waals surface area contributed by atoms with Crippen molar-refractivity contribution in [2.45, 2.75) is 13.0 Å². The third kappa shape index (κ3) is 2.04. The summed E-state index contributed by atoms with van der Waals surface area (Å²) in [6.07, 6.45) is 0. The zero-order chi connectivity index (χ0) is 15.1. The van der Waals surface area contributed by atoms with E-state index in [0.29, 0.717) is 6.04 Å². The Kier molecular flexibility index (Phi) is 3.23. The van der Waals surface area contributed by atoms with Gasteiger partial charge in [-0.1, -0.05) is 48.5 Å². The van der Waals surface area contributed by atoms with E-state index in [-0.39, 0.29) is 5.91 Å². The van der Waals surface area contributed by atoms with Gasteiger partial charge in [-0.25, -0.2) is 0 Å². The van der Waals surface area contributed by atoms with E-state index >= 15 is 0 Å². The highest BCUT2D eigenvalue weighted by Gasteiger charge is 2.34. The summed E-state index contributed by atoms with van der Waals surface area (Å²) in [5.74, 6) is 0.187. The second kappa shape index (κ2) is 5.25. The second-order valence-corrected chi connectivity index (χ2v) is 6.12. The molecule has 1 heterocycles. The predicted molar refractivity (Wildman–Crippen MR) is 87.5 cm³/mol. The molecule has 0 unspecified atom stereocenters. The predicted octanol–water partition coefficient (Wildman–Crippen LogP) is 2.92. The Morgan fingerprint density at radius 1 is 0.864 bits per heavy atom. The lowest BCUT2D eigenvalue weighted by Gasteiger charge is -2.38. The van der Waals surface area contributed by atoms with E-state index in [2.05, 4.69) is 53.4 Å². The lowest BCUT2D eigenvalue weighted by atomic mass is 10.0. The van der Waals surface area contributed by atoms with Gasteiger partial charge in [0.05, 0.1) is 6.04 Å². The number of hydrogen-bond donors (Lipinski definition) is 0. The van der Waals surface area contributed by atoms with Gasteiger partial charge in [0.15, 0.2) is 0 Å². The summed E-state index contributed by atoms with van der Waals surface area (Å²) in [6.45, 7) is 5.20. The van der Waals surface area contributed by atoms with Crippen LogP contribution in [0.4, 0.5) is 0 Å². The standard InChI is InChI=1S/C19H20N2O/c1-14(22)20-10-12-21(13-11-20)19-17-8-4-2-6-15(17)16-7-3-5-9-18(16)19/h2-9,19H,10-13H2,1H3. The molecule has 0 saturated carbocycles. The second-order valence-electron chi connectivity index (χ2n) is 6.12. The minimum atomic E-state index is 0.187. The first kappa shape index (κ1) is 13.5. The Bertz CT molecular complexity index is 671. The quantitative estimate of drug-likeness (QED) is 0.807. The summed E-state index contributed by atoms with van der Waals surface area (Å²) in [4.78, 5) is 16.0. The number of fused-ring (bicyclic) bond motifs is 3. The van der Waals surface area contributed by atoms with E-state index in [4.69, 9.17) is 0 Å². The van der Waals surface area contributed by atoms with Crippen molar-refractivity contribution >= 4 is 5.91 Å². The highest BCUT2D eigenvalue weighted by Crippen LogP contribution is 2.46. The number of carbonyl (C=O) groups excluding carboxylic acids is 1. The van der Waals surface area contributed by atoms with E-state index in [1.165, 1.54) is 22.3 Å². The number of hydrogen-bond acceptors (Lipinski definition) is 2. The SMILES string of the molecule is CC(=O)N1CCN(C2c3ccccc3-c3ccccc32)CC1. The fraction of sp³-hybridized carbons (Fsp3) is 0.316. The molecule has 0 aromatic heterocycles. The maximum absolute atomic E-state index is 11.5. The van der Waals surface area contributed by atoms with Gasteiger partial charge in [0.1, 0.15) is 0 Å². The topological polar surface area (TPSA) is 23.6 Å². The molecular weight excluding hydrogens is 272 g/mol. The van der Waals surface area contributed by atoms with Crippen molar-refractivity contribution in [2.24, 2.45) is 0 Å². The molecule has 22 heavy (non-hydrogen) atoms. The van der Waals surface area contributed by atoms with Crippen LogP contribution in [0.15, 0.2) is 48.5 Å². The average Bonchev–Trinajstić information content (AvgIpc) is 2.89. The van der Waals surface area contributed by atoms with Gasteiger partial charge >= 0.3 is 0 Å². The van der Waals surface area contributed by atoms with Gasteiger partial charge in [-0.3, -0.25) is 9.69 Å². The van der Waals surface area contributed by atoms with Gasteiger partial charge in [-0.2, -0.15) is 0 Å². The molecule has 1 fully saturated rings. The summed E-state index contributed by atoms with van der Waals surface area (Å²) in [5.41, 5.74) is 5.52. The van der Waals surface area contributed by atoms with E-state index in [0.717, 1.165) is 26.2 Å². The molecule has 0 bridgehead atoms. The summed E-state index contributed by atoms with van der Waals surface area (Å²) < 4.78 is 0. The Morgan fingerprint density at radius 3 is 1.86 bits per heavy atom. The van der Waals surface area contributed by atoms with Crippen LogP contribution in [0.5, 0.6) is 0 Å². The van der Waals surface area contributed by atoms with Crippen LogP contribution < -0.4 is 0 Å². The van der Waals surface area contributed by atoms with Gasteiger partial charge in [0.2, 0.25) is 5.91 Å². The molecule has 2 aromatic carbocycles. The van der Waals surface area contributed by atoms with Crippen LogP contribution >= 0.6 is 0 Å². The molecule has 0 atom stereocenters. The first-order valence-corrected chi connectivity index (χ1v) is 7.93. The maximum Gasteiger partial charge on any atom is 0.219 e. The van der Waals surface area contributed by atoms with Crippen molar-refractivity contribution in [2.75, 3.05) is 26.2 Å². The number of nitrogens with zero attached hydrogens (tertiary/aromatic N) is 2. The number of amides is 1. The van der Waals surface area contributed by atoms with Gasteiger partial charge in [-0.05, 0) is 22.3 Å². The first-order valence-electron chi connectivity index (χ1n) is 7.93. The molecule has 0 N–H and O–H groups in total. The number of piperazine rings is 1. The van der Waals surface area contributed by atoms with Crippen molar-refractivity contribution in [1.29, 1.82) is 0 Å². The average molecular weight is 292 g/mol. The van der Waals surface area contributed by atoms with E-state index in [1.807, 2.05) is 4.90 Å². The molecule has 1 saturated heterocycles. The summed E-state index contributed by atoms with van der Waals surface area (Å²) in [5, 5.41) is 0. The fourth-order valence-electron chi connectivity index (χ4n) is 3.82. The zero-order valence-corrected chi connectivity index (χ0v) is 12.8. The smallest absolute Gasteiger partial charge is 0.219 e. The zero-order valence-electron chi connectivity index (χ0n) is 12.8. The highest BCUT2D eigenvalue weighted by atomic mass is 16.2. The highest BCUT2D eigenvalue weighted by molar-refractivity contribution is 5.78. The van der Waals surface area contributed by atoms with Crippen LogP contribution in [0, 0.1) is 0 Å². The van der Waals surface area contributed by atoms with Crippen LogP contribution in [0.2, 0.25) is 0 Å². The molecule has 3 heteroatoms. The van der Waals surface area contributed by atoms with E-state index in [9.17, 15) is 4.79 Å². The maximum atomic E-state index is 11.5. The van der Waals surface area contributed by atoms with Crippen molar-refractivity contribution < 1.29 is 4.79 Å². The van der Waals surface area contributed by atoms with Crippen molar-refractivity contribution in [3.05, 3.63) is 59.7 Å². The molecule has 1 amide bonds. The minimum absolute atomic E-state index is 0.187. The molecular formula is C19H20N2O. The lowest BCUT2D eigenvalue weighted by Crippen LogP contribution is -2.49. The molecule has 112 valence electrons. The minimum Gasteiger partial charge on any atom is -0.340 e. The molecule has 0 radical (unpaired) electrons. The number of rotatable bonds is 1. The normalized spacial score (nSPS) is 18.1. The van der Waals surface area contributed by atoms with Crippen LogP contribution in [0.25, 0.3) is 11.1 Å². The van der Waals surface area contributed by atoms with E-state index in [1.54, 1.807) is 6.92 Å².